The number of halogens is 2. The zero-order chi connectivity index (χ0) is 22.6. The Balaban J connectivity index is 1.52. The lowest BCUT2D eigenvalue weighted by Crippen LogP contribution is -2.32. The average molecular weight is 478 g/mol. The van der Waals surface area contributed by atoms with Crippen LogP contribution in [-0.2, 0) is 34.9 Å². The van der Waals surface area contributed by atoms with Crippen LogP contribution < -0.4 is 10.1 Å². The molecule has 0 fully saturated rings. The van der Waals surface area contributed by atoms with Crippen LogP contribution in [-0.4, -0.2) is 47.1 Å². The van der Waals surface area contributed by atoms with E-state index in [1.165, 1.54) is 12.4 Å². The predicted molar refractivity (Wildman–Crippen MR) is 113 cm³/mol. The predicted octanol–water partition coefficient (Wildman–Crippen LogP) is 2.38. The van der Waals surface area contributed by atoms with Crippen LogP contribution in [0.5, 0.6) is 11.9 Å². The summed E-state index contributed by atoms with van der Waals surface area (Å²) in [6, 6.07) is -0.264. The second-order valence-corrected chi connectivity index (χ2v) is 10.3. The van der Waals surface area contributed by atoms with Crippen LogP contribution in [0.15, 0.2) is 12.4 Å². The van der Waals surface area contributed by atoms with E-state index in [-0.39, 0.29) is 34.3 Å². The molecule has 1 aliphatic carbocycles. The van der Waals surface area contributed by atoms with E-state index in [4.69, 9.17) is 16.3 Å². The van der Waals surface area contributed by atoms with Crippen LogP contribution in [0.25, 0.3) is 11.3 Å². The van der Waals surface area contributed by atoms with E-state index in [2.05, 4.69) is 25.3 Å². The molecule has 0 aromatic carbocycles. The van der Waals surface area contributed by atoms with Gasteiger partial charge in [-0.3, -0.25) is 4.79 Å². The van der Waals surface area contributed by atoms with Crippen molar-refractivity contribution in [1.29, 1.82) is 0 Å². The molecule has 3 aromatic rings. The van der Waals surface area contributed by atoms with Gasteiger partial charge in [0.1, 0.15) is 5.15 Å². The lowest BCUT2D eigenvalue weighted by molar-refractivity contribution is 0.0945. The molecule has 0 saturated heterocycles. The van der Waals surface area contributed by atoms with Gasteiger partial charge in [0.25, 0.3) is 11.8 Å². The number of carbonyl (C=O) groups is 1. The fraction of sp³-hybridized carbons (Fsp3) is 0.300. The molecule has 12 heteroatoms. The number of sulfone groups is 1. The van der Waals surface area contributed by atoms with Gasteiger partial charge in [0.15, 0.2) is 15.7 Å². The van der Waals surface area contributed by atoms with Crippen LogP contribution in [0.2, 0.25) is 5.15 Å². The van der Waals surface area contributed by atoms with Gasteiger partial charge in [-0.05, 0) is 24.0 Å². The first-order valence-electron chi connectivity index (χ1n) is 9.78. The number of nitrogens with one attached hydrogen (secondary N) is 2. The molecule has 5 rings (SSSR count). The standard InChI is InChI=1S/C20H17ClFN5O4S/c1-32(29,30)8-10-7-25-20(27-17(10)21)31-19-15(22)13-9(6-24-19)2-3-11-14-12(26-16(11)13)4-5-23-18(14)28/h6-7,26H,2-5,8H2,1H3,(H,23,28). The summed E-state index contributed by atoms with van der Waals surface area (Å²) < 4.78 is 43.9. The van der Waals surface area contributed by atoms with Gasteiger partial charge in [-0.1, -0.05) is 11.6 Å². The van der Waals surface area contributed by atoms with E-state index >= 15 is 4.39 Å². The number of aromatic nitrogens is 4. The van der Waals surface area contributed by atoms with Crippen LogP contribution in [0, 0.1) is 5.82 Å². The summed E-state index contributed by atoms with van der Waals surface area (Å²) in [7, 11) is -3.33. The van der Waals surface area contributed by atoms with Crippen molar-refractivity contribution in [3.05, 3.63) is 51.3 Å². The van der Waals surface area contributed by atoms with E-state index in [1.54, 1.807) is 0 Å². The summed E-state index contributed by atoms with van der Waals surface area (Å²) >= 11 is 6.04. The third kappa shape index (κ3) is 3.61. The van der Waals surface area contributed by atoms with Gasteiger partial charge in [-0.15, -0.1) is 0 Å². The number of aromatic amines is 1. The summed E-state index contributed by atoms with van der Waals surface area (Å²) in [6.07, 6.45) is 5.59. The highest BCUT2D eigenvalue weighted by Crippen LogP contribution is 2.40. The fourth-order valence-corrected chi connectivity index (χ4v) is 5.14. The topological polar surface area (TPSA) is 127 Å². The van der Waals surface area contributed by atoms with Gasteiger partial charge >= 0.3 is 6.01 Å². The van der Waals surface area contributed by atoms with Gasteiger partial charge in [-0.25, -0.2) is 22.8 Å². The van der Waals surface area contributed by atoms with E-state index in [0.717, 1.165) is 17.5 Å². The smallest absolute Gasteiger partial charge is 0.324 e. The van der Waals surface area contributed by atoms with E-state index in [0.29, 0.717) is 48.2 Å². The second kappa shape index (κ2) is 7.52. The van der Waals surface area contributed by atoms with E-state index < -0.39 is 15.7 Å². The highest BCUT2D eigenvalue weighted by molar-refractivity contribution is 7.89. The number of hydrogen-bond donors (Lipinski definition) is 2. The Morgan fingerprint density at radius 3 is 2.75 bits per heavy atom. The van der Waals surface area contributed by atoms with Gasteiger partial charge < -0.3 is 15.0 Å². The SMILES string of the molecule is CS(=O)(=O)Cc1cnc(Oc2ncc3c(c2F)-c2[nH]c4c(c2CC3)C(=O)NCC4)nc1Cl. The molecule has 0 radical (unpaired) electrons. The Labute approximate surface area is 187 Å². The molecule has 166 valence electrons. The summed E-state index contributed by atoms with van der Waals surface area (Å²) in [4.78, 5) is 27.5. The molecule has 32 heavy (non-hydrogen) atoms. The van der Waals surface area contributed by atoms with Gasteiger partial charge in [0, 0.05) is 48.4 Å². The molecule has 0 atom stereocenters. The van der Waals surface area contributed by atoms with E-state index in [9.17, 15) is 13.2 Å². The van der Waals surface area contributed by atoms with Crippen LogP contribution in [0.3, 0.4) is 0 Å². The molecule has 2 aliphatic rings. The number of amides is 1. The summed E-state index contributed by atoms with van der Waals surface area (Å²) in [6.45, 7) is 0.526. The maximum absolute atomic E-state index is 15.5. The first-order valence-corrected chi connectivity index (χ1v) is 12.2. The molecule has 4 heterocycles. The number of ether oxygens (including phenoxy) is 1. The maximum Gasteiger partial charge on any atom is 0.324 e. The molecule has 0 unspecified atom stereocenters. The van der Waals surface area contributed by atoms with Crippen molar-refractivity contribution in [2.24, 2.45) is 0 Å². The minimum Gasteiger partial charge on any atom is -0.402 e. The first kappa shape index (κ1) is 20.8. The van der Waals surface area contributed by atoms with Crippen molar-refractivity contribution in [2.75, 3.05) is 12.8 Å². The Hall–Kier alpha value is -3.05. The summed E-state index contributed by atoms with van der Waals surface area (Å²) in [5, 5.41) is 2.72. The largest absolute Gasteiger partial charge is 0.402 e. The molecular formula is C20H17ClFN5O4S. The summed E-state index contributed by atoms with van der Waals surface area (Å²) in [5.74, 6) is -1.54. The molecule has 3 aromatic heterocycles. The van der Waals surface area contributed by atoms with Crippen molar-refractivity contribution in [2.45, 2.75) is 25.0 Å². The van der Waals surface area contributed by atoms with Crippen LogP contribution >= 0.6 is 11.6 Å². The number of rotatable bonds is 4. The molecule has 9 nitrogen and oxygen atoms in total. The molecule has 0 spiro atoms. The minimum atomic E-state index is -3.33. The molecule has 0 saturated carbocycles. The normalized spacial score (nSPS) is 14.9. The van der Waals surface area contributed by atoms with Crippen molar-refractivity contribution >= 4 is 27.3 Å². The lowest BCUT2D eigenvalue weighted by atomic mass is 9.88. The third-order valence-corrected chi connectivity index (χ3v) is 6.59. The van der Waals surface area contributed by atoms with E-state index in [1.807, 2.05) is 0 Å². The van der Waals surface area contributed by atoms with Crippen molar-refractivity contribution in [3.8, 4) is 23.1 Å². The zero-order valence-electron chi connectivity index (χ0n) is 16.8. The molecular weight excluding hydrogens is 461 g/mol. The quantitative estimate of drug-likeness (QED) is 0.552. The number of pyridine rings is 1. The number of nitrogens with zero attached hydrogens (tertiary/aromatic N) is 3. The molecule has 1 amide bonds. The molecule has 1 aliphatic heterocycles. The maximum atomic E-state index is 15.5. The van der Waals surface area contributed by atoms with Gasteiger partial charge in [0.2, 0.25) is 0 Å². The second-order valence-electron chi connectivity index (χ2n) is 7.76. The van der Waals surface area contributed by atoms with Crippen molar-refractivity contribution < 1.29 is 22.3 Å². The van der Waals surface area contributed by atoms with Crippen molar-refractivity contribution in [3.63, 3.8) is 0 Å². The highest BCUT2D eigenvalue weighted by Gasteiger charge is 2.32. The Bertz CT molecular complexity index is 1390. The van der Waals surface area contributed by atoms with Crippen molar-refractivity contribution in [1.82, 2.24) is 25.3 Å². The van der Waals surface area contributed by atoms with Gasteiger partial charge in [-0.2, -0.15) is 4.98 Å². The fourth-order valence-electron chi connectivity index (χ4n) is 4.09. The van der Waals surface area contributed by atoms with Gasteiger partial charge in [0.05, 0.1) is 17.0 Å². The molecule has 0 bridgehead atoms. The zero-order valence-corrected chi connectivity index (χ0v) is 18.4. The third-order valence-electron chi connectivity index (χ3n) is 5.42. The summed E-state index contributed by atoms with van der Waals surface area (Å²) in [5.41, 5.74) is 3.93. The minimum absolute atomic E-state index is 0.107. The Morgan fingerprint density at radius 1 is 1.19 bits per heavy atom. The monoisotopic (exact) mass is 477 g/mol. The lowest BCUT2D eigenvalue weighted by Gasteiger charge is -2.19. The Kier molecular flexibility index (Phi) is 4.90. The Morgan fingerprint density at radius 2 is 2.00 bits per heavy atom. The van der Waals surface area contributed by atoms with Crippen LogP contribution in [0.4, 0.5) is 4.39 Å². The number of fused-ring (bicyclic) bond motifs is 5. The van der Waals surface area contributed by atoms with Crippen LogP contribution in [0.1, 0.15) is 32.7 Å². The molecule has 2 N–H and O–H groups in total. The number of hydrogen-bond acceptors (Lipinski definition) is 7. The number of carbonyl (C=O) groups excluding carboxylic acids is 1. The first-order chi connectivity index (χ1) is 15.2. The highest BCUT2D eigenvalue weighted by atomic mass is 35.5. The number of H-pyrrole nitrogens is 1. The number of aryl methyl sites for hydroxylation is 1. The average Bonchev–Trinajstić information content (AvgIpc) is 3.11.